The summed E-state index contributed by atoms with van der Waals surface area (Å²) in [5.74, 6) is 0.735. The molecule has 0 aliphatic heterocycles. The maximum absolute atomic E-state index is 11.7. The van der Waals surface area contributed by atoms with Crippen LogP contribution in [-0.2, 0) is 0 Å². The van der Waals surface area contributed by atoms with Crippen LogP contribution in [0.3, 0.4) is 0 Å². The number of amidine groups is 1. The van der Waals surface area contributed by atoms with Crippen molar-refractivity contribution in [3.63, 3.8) is 0 Å². The lowest BCUT2D eigenvalue weighted by molar-refractivity contribution is 0.194. The molecule has 0 spiro atoms. The predicted octanol–water partition coefficient (Wildman–Crippen LogP) is 1.14. The summed E-state index contributed by atoms with van der Waals surface area (Å²) >= 11 is 0. The maximum atomic E-state index is 11.7. The lowest BCUT2D eigenvalue weighted by Gasteiger charge is -2.39. The predicted molar refractivity (Wildman–Crippen MR) is 64.5 cm³/mol. The molecule has 2 amide bonds. The van der Waals surface area contributed by atoms with Crippen LogP contribution in [0.15, 0.2) is 0 Å². The van der Waals surface area contributed by atoms with Crippen LogP contribution in [0.5, 0.6) is 0 Å². The van der Waals surface area contributed by atoms with Crippen molar-refractivity contribution in [3.8, 4) is 0 Å². The molecule has 1 fully saturated rings. The van der Waals surface area contributed by atoms with Crippen molar-refractivity contribution in [2.24, 2.45) is 11.7 Å². The molecule has 0 aromatic heterocycles. The van der Waals surface area contributed by atoms with E-state index in [1.807, 2.05) is 0 Å². The molecule has 92 valence electrons. The molecule has 5 heteroatoms. The molecule has 4 N–H and O–H groups in total. The molecule has 0 heterocycles. The van der Waals surface area contributed by atoms with E-state index >= 15 is 0 Å². The van der Waals surface area contributed by atoms with Crippen LogP contribution in [0.4, 0.5) is 4.79 Å². The van der Waals surface area contributed by atoms with Crippen LogP contribution in [-0.4, -0.2) is 36.4 Å². The third kappa shape index (κ3) is 2.65. The highest BCUT2D eigenvalue weighted by molar-refractivity contribution is 5.91. The number of amides is 2. The van der Waals surface area contributed by atoms with Crippen LogP contribution in [0, 0.1) is 11.3 Å². The number of nitrogens with one attached hydrogen (secondary N) is 2. The number of nitrogens with two attached hydrogens (primary N) is 1. The second-order valence-electron chi connectivity index (χ2n) is 5.00. The zero-order valence-corrected chi connectivity index (χ0v) is 10.3. The van der Waals surface area contributed by atoms with Gasteiger partial charge in [0, 0.05) is 14.1 Å². The Morgan fingerprint density at radius 2 is 1.94 bits per heavy atom. The van der Waals surface area contributed by atoms with Crippen LogP contribution in [0.2, 0.25) is 0 Å². The van der Waals surface area contributed by atoms with Crippen molar-refractivity contribution in [1.29, 1.82) is 5.41 Å². The first-order valence-corrected chi connectivity index (χ1v) is 5.71. The van der Waals surface area contributed by atoms with Crippen LogP contribution in [0.1, 0.15) is 32.6 Å². The summed E-state index contributed by atoms with van der Waals surface area (Å²) < 4.78 is 0. The zero-order valence-electron chi connectivity index (χ0n) is 10.3. The Hall–Kier alpha value is -1.26. The van der Waals surface area contributed by atoms with E-state index in [4.69, 9.17) is 11.1 Å². The Balaban J connectivity index is 2.74. The largest absolute Gasteiger partial charge is 0.386 e. The second-order valence-corrected chi connectivity index (χ2v) is 5.00. The van der Waals surface area contributed by atoms with E-state index in [9.17, 15) is 4.79 Å². The van der Waals surface area contributed by atoms with Gasteiger partial charge >= 0.3 is 6.03 Å². The molecular formula is C11H22N4O. The zero-order chi connectivity index (χ0) is 12.3. The van der Waals surface area contributed by atoms with Crippen molar-refractivity contribution in [2.45, 2.75) is 38.1 Å². The molecule has 1 aliphatic carbocycles. The lowest BCUT2D eigenvalue weighted by Crippen LogP contribution is -2.60. The molecule has 1 saturated carbocycles. The number of rotatable bonds is 2. The molecular weight excluding hydrogens is 204 g/mol. The molecule has 0 aromatic rings. The highest BCUT2D eigenvalue weighted by atomic mass is 16.2. The Morgan fingerprint density at radius 3 is 2.31 bits per heavy atom. The maximum Gasteiger partial charge on any atom is 0.317 e. The summed E-state index contributed by atoms with van der Waals surface area (Å²) in [4.78, 5) is 13.1. The van der Waals surface area contributed by atoms with Crippen molar-refractivity contribution < 1.29 is 4.79 Å². The van der Waals surface area contributed by atoms with Crippen molar-refractivity contribution in [2.75, 3.05) is 14.1 Å². The van der Waals surface area contributed by atoms with Gasteiger partial charge in [0.05, 0.1) is 5.54 Å². The topological polar surface area (TPSA) is 82.2 Å². The fraction of sp³-hybridized carbons (Fsp3) is 0.818. The third-order valence-electron chi connectivity index (χ3n) is 3.40. The van der Waals surface area contributed by atoms with Gasteiger partial charge in [-0.25, -0.2) is 4.79 Å². The van der Waals surface area contributed by atoms with E-state index in [0.29, 0.717) is 5.92 Å². The highest BCUT2D eigenvalue weighted by Crippen LogP contribution is 2.31. The van der Waals surface area contributed by atoms with E-state index in [2.05, 4.69) is 12.2 Å². The standard InChI is InChI=1S/C11H22N4O/c1-8-4-6-11(7-5-8,9(12)13)14-10(16)15(2)3/h8H,4-7H2,1-3H3,(H3,12,13)(H,14,16). The minimum atomic E-state index is -0.617. The van der Waals surface area contributed by atoms with Gasteiger partial charge in [-0.15, -0.1) is 0 Å². The molecule has 5 nitrogen and oxygen atoms in total. The van der Waals surface area contributed by atoms with Gasteiger partial charge in [0.15, 0.2) is 0 Å². The van der Waals surface area contributed by atoms with Gasteiger partial charge < -0.3 is 16.0 Å². The van der Waals surface area contributed by atoms with Crippen LogP contribution in [0.25, 0.3) is 0 Å². The normalized spacial score (nSPS) is 29.6. The van der Waals surface area contributed by atoms with E-state index in [1.165, 1.54) is 4.90 Å². The highest BCUT2D eigenvalue weighted by Gasteiger charge is 2.38. The van der Waals surface area contributed by atoms with Crippen molar-refractivity contribution >= 4 is 11.9 Å². The van der Waals surface area contributed by atoms with Gasteiger partial charge in [0.2, 0.25) is 0 Å². The minimum absolute atomic E-state index is 0.0783. The third-order valence-corrected chi connectivity index (χ3v) is 3.40. The summed E-state index contributed by atoms with van der Waals surface area (Å²) in [7, 11) is 3.38. The Labute approximate surface area is 96.9 Å². The first-order valence-electron chi connectivity index (χ1n) is 5.71. The van der Waals surface area contributed by atoms with E-state index in [1.54, 1.807) is 14.1 Å². The second kappa shape index (κ2) is 4.72. The number of carbonyl (C=O) groups is 1. The van der Waals surface area contributed by atoms with Crippen LogP contribution >= 0.6 is 0 Å². The Morgan fingerprint density at radius 1 is 1.44 bits per heavy atom. The van der Waals surface area contributed by atoms with E-state index in [0.717, 1.165) is 25.7 Å². The fourth-order valence-corrected chi connectivity index (χ4v) is 2.03. The Bertz CT molecular complexity index is 280. The Kier molecular flexibility index (Phi) is 3.78. The van der Waals surface area contributed by atoms with Gasteiger partial charge in [-0.3, -0.25) is 5.41 Å². The fourth-order valence-electron chi connectivity index (χ4n) is 2.03. The minimum Gasteiger partial charge on any atom is -0.386 e. The van der Waals surface area contributed by atoms with E-state index in [-0.39, 0.29) is 11.9 Å². The monoisotopic (exact) mass is 226 g/mol. The molecule has 0 unspecified atom stereocenters. The average molecular weight is 226 g/mol. The number of hydrogen-bond donors (Lipinski definition) is 3. The molecule has 1 rings (SSSR count). The number of urea groups is 1. The quantitative estimate of drug-likeness (QED) is 0.487. The van der Waals surface area contributed by atoms with E-state index < -0.39 is 5.54 Å². The van der Waals surface area contributed by atoms with Gasteiger partial charge in [-0.1, -0.05) is 6.92 Å². The first-order chi connectivity index (χ1) is 7.37. The summed E-state index contributed by atoms with van der Waals surface area (Å²) in [6.45, 7) is 2.19. The van der Waals surface area contributed by atoms with Gasteiger partial charge in [0.1, 0.15) is 5.84 Å². The first kappa shape index (κ1) is 12.8. The summed E-state index contributed by atoms with van der Waals surface area (Å²) in [6, 6.07) is -0.176. The van der Waals surface area contributed by atoms with Gasteiger partial charge in [-0.05, 0) is 31.6 Å². The van der Waals surface area contributed by atoms with Crippen LogP contribution < -0.4 is 11.1 Å². The molecule has 0 bridgehead atoms. The van der Waals surface area contributed by atoms with Crippen molar-refractivity contribution in [1.82, 2.24) is 10.2 Å². The average Bonchev–Trinajstić information content (AvgIpc) is 2.21. The molecule has 0 saturated heterocycles. The van der Waals surface area contributed by atoms with Crippen molar-refractivity contribution in [3.05, 3.63) is 0 Å². The number of carbonyl (C=O) groups excluding carboxylic acids is 1. The molecule has 0 atom stereocenters. The smallest absolute Gasteiger partial charge is 0.317 e. The van der Waals surface area contributed by atoms with Gasteiger partial charge in [0.25, 0.3) is 0 Å². The molecule has 16 heavy (non-hydrogen) atoms. The lowest BCUT2D eigenvalue weighted by atomic mass is 9.76. The molecule has 0 radical (unpaired) electrons. The summed E-state index contributed by atoms with van der Waals surface area (Å²) in [5.41, 5.74) is 5.03. The molecule has 0 aromatic carbocycles. The SMILES string of the molecule is CC1CCC(NC(=O)N(C)C)(C(=N)N)CC1. The summed E-state index contributed by atoms with van der Waals surface area (Å²) in [5, 5.41) is 10.6. The van der Waals surface area contributed by atoms with Gasteiger partial charge in [-0.2, -0.15) is 0 Å². The number of nitrogens with zero attached hydrogens (tertiary/aromatic N) is 1. The number of hydrogen-bond acceptors (Lipinski definition) is 2. The summed E-state index contributed by atoms with van der Waals surface area (Å²) in [6.07, 6.45) is 3.55. The molecule has 1 aliphatic rings.